The van der Waals surface area contributed by atoms with Crippen LogP contribution in [0.1, 0.15) is 6.42 Å². The predicted octanol–water partition coefficient (Wildman–Crippen LogP) is 0.772. The molecule has 0 aliphatic heterocycles. The topological polar surface area (TPSA) is 63.3 Å². The average Bonchev–Trinajstić information content (AvgIpc) is 1.60. The summed E-state index contributed by atoms with van der Waals surface area (Å²) in [5.41, 5.74) is 4.45. The van der Waals surface area contributed by atoms with Crippen molar-refractivity contribution in [3.8, 4) is 0 Å². The first kappa shape index (κ1) is 13.1. The van der Waals surface area contributed by atoms with Crippen LogP contribution in [0, 0.1) is 0 Å². The minimum Gasteiger partial charge on any atom is -0.481 e. The highest BCUT2D eigenvalue weighted by Crippen LogP contribution is 2.20. The summed E-state index contributed by atoms with van der Waals surface area (Å²) < 4.78 is 34.3. The van der Waals surface area contributed by atoms with Crippen molar-refractivity contribution in [2.75, 3.05) is 0 Å². The Morgan fingerprint density at radius 3 is 2.00 bits per heavy atom. The van der Waals surface area contributed by atoms with E-state index < -0.39 is 24.6 Å². The summed E-state index contributed by atoms with van der Waals surface area (Å²) in [4.78, 5) is 9.68. The summed E-state index contributed by atoms with van der Waals surface area (Å²) in [6.07, 6.45) is -5.69. The molecule has 1 atom stereocenters. The van der Waals surface area contributed by atoms with Gasteiger partial charge in [-0.25, -0.2) is 0 Å². The van der Waals surface area contributed by atoms with E-state index in [1.54, 1.807) is 0 Å². The van der Waals surface area contributed by atoms with Gasteiger partial charge in [0.25, 0.3) is 0 Å². The van der Waals surface area contributed by atoms with Gasteiger partial charge in [-0.05, 0) is 0 Å². The molecule has 3 N–H and O–H groups in total. The smallest absolute Gasteiger partial charge is 0.404 e. The Labute approximate surface area is 66.8 Å². The van der Waals surface area contributed by atoms with E-state index in [2.05, 4.69) is 5.73 Å². The number of carboxylic acids is 1. The number of aliphatic carboxylic acids is 1. The van der Waals surface area contributed by atoms with Crippen LogP contribution in [0.2, 0.25) is 0 Å². The number of halogens is 4. The summed E-state index contributed by atoms with van der Waals surface area (Å²) in [5, 5.41) is 7.87. The van der Waals surface area contributed by atoms with Crippen LogP contribution >= 0.6 is 12.4 Å². The third-order valence-corrected chi connectivity index (χ3v) is 0.815. The first-order valence-electron chi connectivity index (χ1n) is 2.38. The molecule has 0 fully saturated rings. The minimum atomic E-state index is -4.61. The Morgan fingerprint density at radius 2 is 1.91 bits per heavy atom. The average molecular weight is 194 g/mol. The van der Waals surface area contributed by atoms with Gasteiger partial charge in [0.15, 0.2) is 0 Å². The van der Waals surface area contributed by atoms with E-state index in [4.69, 9.17) is 5.11 Å². The molecule has 0 heterocycles. The van der Waals surface area contributed by atoms with Crippen LogP contribution in [0.5, 0.6) is 0 Å². The standard InChI is InChI=1S/C4H6F3NO2.ClH/c5-4(6,7)2(8)1-3(9)10;/h2H,1,8H2,(H,9,10);1H/t2-;/m1./s1. The van der Waals surface area contributed by atoms with Crippen molar-refractivity contribution in [3.63, 3.8) is 0 Å². The molecule has 0 spiro atoms. The lowest BCUT2D eigenvalue weighted by Crippen LogP contribution is -2.38. The SMILES string of the molecule is Cl.N[C@H](CC(=O)O)C(F)(F)F. The molecule has 0 amide bonds. The zero-order chi connectivity index (χ0) is 8.36. The molecule has 0 bridgehead atoms. The van der Waals surface area contributed by atoms with Crippen molar-refractivity contribution in [2.45, 2.75) is 18.6 Å². The van der Waals surface area contributed by atoms with E-state index in [-0.39, 0.29) is 12.4 Å². The van der Waals surface area contributed by atoms with Crippen LogP contribution in [-0.4, -0.2) is 23.3 Å². The number of nitrogens with two attached hydrogens (primary N) is 1. The molecule has 0 aromatic heterocycles. The molecule has 7 heteroatoms. The third-order valence-electron chi connectivity index (χ3n) is 0.815. The van der Waals surface area contributed by atoms with Gasteiger partial charge in [0.1, 0.15) is 6.04 Å². The van der Waals surface area contributed by atoms with Gasteiger partial charge in [0.05, 0.1) is 6.42 Å². The van der Waals surface area contributed by atoms with Gasteiger partial charge in [-0.1, -0.05) is 0 Å². The van der Waals surface area contributed by atoms with Crippen molar-refractivity contribution >= 4 is 18.4 Å². The van der Waals surface area contributed by atoms with Crippen LogP contribution in [-0.2, 0) is 4.79 Å². The number of carboxylic acid groups (broad SMARTS) is 1. The molecule has 3 nitrogen and oxygen atoms in total. The summed E-state index contributed by atoms with van der Waals surface area (Å²) >= 11 is 0. The molecular formula is C4H7ClF3NO2. The van der Waals surface area contributed by atoms with Crippen molar-refractivity contribution in [2.24, 2.45) is 5.73 Å². The highest BCUT2D eigenvalue weighted by atomic mass is 35.5. The zero-order valence-corrected chi connectivity index (χ0v) is 6.08. The maximum atomic E-state index is 11.4. The minimum absolute atomic E-state index is 0. The lowest BCUT2D eigenvalue weighted by Gasteiger charge is -2.12. The van der Waals surface area contributed by atoms with E-state index in [0.29, 0.717) is 0 Å². The molecular weight excluding hydrogens is 186 g/mol. The molecule has 11 heavy (non-hydrogen) atoms. The molecule has 0 aliphatic carbocycles. The van der Waals surface area contributed by atoms with E-state index in [9.17, 15) is 18.0 Å². The molecule has 68 valence electrons. The summed E-state index contributed by atoms with van der Waals surface area (Å²) in [5.74, 6) is -1.55. The predicted molar refractivity (Wildman–Crippen MR) is 33.5 cm³/mol. The number of alkyl halides is 3. The maximum absolute atomic E-state index is 11.4. The van der Waals surface area contributed by atoms with Crippen molar-refractivity contribution in [1.29, 1.82) is 0 Å². The van der Waals surface area contributed by atoms with Gasteiger partial charge < -0.3 is 10.8 Å². The maximum Gasteiger partial charge on any atom is 0.404 e. The summed E-state index contributed by atoms with van der Waals surface area (Å²) in [7, 11) is 0. The van der Waals surface area contributed by atoms with E-state index in [1.165, 1.54) is 0 Å². The molecule has 0 saturated heterocycles. The second-order valence-corrected chi connectivity index (χ2v) is 1.75. The fourth-order valence-corrected chi connectivity index (χ4v) is 0.304. The van der Waals surface area contributed by atoms with Crippen LogP contribution in [0.3, 0.4) is 0 Å². The van der Waals surface area contributed by atoms with Crippen molar-refractivity contribution < 1.29 is 23.1 Å². The van der Waals surface area contributed by atoms with Gasteiger partial charge >= 0.3 is 12.1 Å². The highest BCUT2D eigenvalue weighted by Gasteiger charge is 2.37. The molecule has 0 unspecified atom stereocenters. The number of rotatable bonds is 2. The number of hydrogen-bond acceptors (Lipinski definition) is 2. The largest absolute Gasteiger partial charge is 0.481 e. The monoisotopic (exact) mass is 193 g/mol. The third kappa shape index (κ3) is 5.93. The van der Waals surface area contributed by atoms with Gasteiger partial charge in [-0.15, -0.1) is 12.4 Å². The van der Waals surface area contributed by atoms with Crippen LogP contribution in [0.4, 0.5) is 13.2 Å². The van der Waals surface area contributed by atoms with E-state index >= 15 is 0 Å². The molecule has 0 rings (SSSR count). The Balaban J connectivity index is 0. The van der Waals surface area contributed by atoms with Gasteiger partial charge in [0.2, 0.25) is 0 Å². The van der Waals surface area contributed by atoms with Crippen LogP contribution in [0.25, 0.3) is 0 Å². The molecule has 0 aliphatic rings. The second-order valence-electron chi connectivity index (χ2n) is 1.75. The Bertz CT molecular complexity index is 138. The second kappa shape index (κ2) is 4.40. The Hall–Kier alpha value is -0.490. The van der Waals surface area contributed by atoms with Crippen LogP contribution < -0.4 is 5.73 Å². The normalized spacial score (nSPS) is 13.5. The Kier molecular flexibility index (Phi) is 5.25. The first-order valence-corrected chi connectivity index (χ1v) is 2.38. The lowest BCUT2D eigenvalue weighted by molar-refractivity contribution is -0.161. The van der Waals surface area contributed by atoms with Gasteiger partial charge in [0, 0.05) is 0 Å². The van der Waals surface area contributed by atoms with Gasteiger partial charge in [-0.3, -0.25) is 4.79 Å². The van der Waals surface area contributed by atoms with Gasteiger partial charge in [-0.2, -0.15) is 13.2 Å². The number of hydrogen-bond donors (Lipinski definition) is 2. The molecule has 0 radical (unpaired) electrons. The van der Waals surface area contributed by atoms with E-state index in [0.717, 1.165) is 0 Å². The molecule has 0 aromatic carbocycles. The summed E-state index contributed by atoms with van der Waals surface area (Å²) in [6, 6.07) is -2.26. The summed E-state index contributed by atoms with van der Waals surface area (Å²) in [6.45, 7) is 0. The quantitative estimate of drug-likeness (QED) is 0.681. The van der Waals surface area contributed by atoms with E-state index in [1.807, 2.05) is 0 Å². The lowest BCUT2D eigenvalue weighted by atomic mass is 10.2. The fourth-order valence-electron chi connectivity index (χ4n) is 0.304. The van der Waals surface area contributed by atoms with Crippen molar-refractivity contribution in [3.05, 3.63) is 0 Å². The van der Waals surface area contributed by atoms with Crippen LogP contribution in [0.15, 0.2) is 0 Å². The highest BCUT2D eigenvalue weighted by molar-refractivity contribution is 5.85. The Morgan fingerprint density at radius 1 is 1.55 bits per heavy atom. The zero-order valence-electron chi connectivity index (χ0n) is 5.26. The fraction of sp³-hybridized carbons (Fsp3) is 0.750. The number of carbonyl (C=O) groups is 1. The first-order chi connectivity index (χ1) is 4.34. The molecule has 0 saturated carbocycles. The molecule has 0 aromatic rings. The van der Waals surface area contributed by atoms with Crippen molar-refractivity contribution in [1.82, 2.24) is 0 Å².